The molecule has 2 amide bonds. The van der Waals surface area contributed by atoms with E-state index in [1.807, 2.05) is 0 Å². The number of carboxylic acids is 1. The Balaban J connectivity index is 1.61. The third-order valence-electron chi connectivity index (χ3n) is 5.35. The molecule has 0 spiro atoms. The maximum Gasteiger partial charge on any atom is 0.352 e. The lowest BCUT2D eigenvalue weighted by Crippen LogP contribution is -2.71. The number of nitrogens with two attached hydrogens (primary N) is 1. The fourth-order valence-corrected chi connectivity index (χ4v) is 5.80. The molecule has 4 rings (SSSR count). The molecule has 2 aliphatic rings. The molecule has 0 saturated carbocycles. The van der Waals surface area contributed by atoms with Crippen LogP contribution in [0.5, 0.6) is 0 Å². The predicted octanol–water partition coefficient (Wildman–Crippen LogP) is 1.12. The van der Waals surface area contributed by atoms with Crippen molar-refractivity contribution in [1.29, 1.82) is 0 Å². The molecule has 36 heavy (non-hydrogen) atoms. The van der Waals surface area contributed by atoms with Crippen LogP contribution >= 0.6 is 23.1 Å². The summed E-state index contributed by atoms with van der Waals surface area (Å²) >= 11 is 2.35. The number of carbonyl (C=O) groups excluding carboxylic acids is 3. The number of carboxylic acid groups (broad SMARTS) is 1. The molecule has 0 aliphatic carbocycles. The monoisotopic (exact) mass is 531 g/mol. The number of rotatable bonds is 8. The van der Waals surface area contributed by atoms with E-state index < -0.39 is 41.3 Å². The average molecular weight is 532 g/mol. The number of ether oxygens (including phenoxy) is 1. The first kappa shape index (κ1) is 25.2. The van der Waals surface area contributed by atoms with E-state index in [1.54, 1.807) is 30.3 Å². The van der Waals surface area contributed by atoms with Gasteiger partial charge in [0.25, 0.3) is 11.8 Å². The summed E-state index contributed by atoms with van der Waals surface area (Å²) in [6, 6.07) is 7.65. The Morgan fingerprint density at radius 1 is 1.31 bits per heavy atom. The average Bonchev–Trinajstić information content (AvgIpc) is 3.29. The van der Waals surface area contributed by atoms with Gasteiger partial charge in [-0.15, -0.1) is 23.1 Å². The van der Waals surface area contributed by atoms with Gasteiger partial charge in [-0.25, -0.2) is 9.78 Å². The van der Waals surface area contributed by atoms with Gasteiger partial charge in [0.05, 0.1) is 0 Å². The van der Waals surface area contributed by atoms with Crippen molar-refractivity contribution in [3.63, 3.8) is 0 Å². The normalized spacial score (nSPS) is 20.2. The van der Waals surface area contributed by atoms with Crippen LogP contribution in [0.3, 0.4) is 0 Å². The molecule has 12 nitrogen and oxygen atoms in total. The van der Waals surface area contributed by atoms with E-state index in [2.05, 4.69) is 15.5 Å². The number of benzene rings is 1. The van der Waals surface area contributed by atoms with Crippen molar-refractivity contribution in [3.05, 3.63) is 58.2 Å². The number of hydrogen-bond acceptors (Lipinski definition) is 11. The van der Waals surface area contributed by atoms with Crippen molar-refractivity contribution in [3.8, 4) is 0 Å². The van der Waals surface area contributed by atoms with Gasteiger partial charge in [-0.3, -0.25) is 19.3 Å². The molecule has 4 N–H and O–H groups in total. The number of aliphatic carboxylic acids is 1. The van der Waals surface area contributed by atoms with E-state index >= 15 is 0 Å². The number of amides is 2. The number of nitrogens with one attached hydrogen (secondary N) is 1. The van der Waals surface area contributed by atoms with Crippen molar-refractivity contribution < 1.29 is 33.9 Å². The number of β-lactam (4-membered cyclic amide) rings is 1. The molecule has 1 aromatic carbocycles. The molecule has 3 heterocycles. The number of thioether (sulfide) groups is 1. The molecule has 1 saturated heterocycles. The van der Waals surface area contributed by atoms with Crippen LogP contribution in [0.1, 0.15) is 24.3 Å². The molecule has 188 valence electrons. The summed E-state index contributed by atoms with van der Waals surface area (Å²) in [6.07, 6.45) is -0.986. The molecule has 0 radical (unpaired) electrons. The molecule has 0 bridgehead atoms. The summed E-state index contributed by atoms with van der Waals surface area (Å²) in [5.74, 6) is -3.15. The summed E-state index contributed by atoms with van der Waals surface area (Å²) in [6.45, 7) is 1.23. The maximum atomic E-state index is 13.1. The van der Waals surface area contributed by atoms with Gasteiger partial charge in [0.1, 0.15) is 29.9 Å². The van der Waals surface area contributed by atoms with E-state index in [0.29, 0.717) is 5.56 Å². The maximum absolute atomic E-state index is 13.1. The third-order valence-corrected chi connectivity index (χ3v) is 7.33. The highest BCUT2D eigenvalue weighted by atomic mass is 32.2. The van der Waals surface area contributed by atoms with Crippen molar-refractivity contribution in [1.82, 2.24) is 15.2 Å². The minimum Gasteiger partial charge on any atom is -0.477 e. The Morgan fingerprint density at radius 2 is 2.03 bits per heavy atom. The van der Waals surface area contributed by atoms with Gasteiger partial charge >= 0.3 is 11.9 Å². The summed E-state index contributed by atoms with van der Waals surface area (Å²) in [5, 5.41) is 17.4. The Labute approximate surface area is 213 Å². The van der Waals surface area contributed by atoms with E-state index in [-0.39, 0.29) is 33.6 Å². The highest BCUT2D eigenvalue weighted by Gasteiger charge is 2.55. The molecular formula is C22H21N5O7S2. The zero-order valence-electron chi connectivity index (χ0n) is 19.0. The Kier molecular flexibility index (Phi) is 7.26. The first-order valence-electron chi connectivity index (χ1n) is 10.5. The summed E-state index contributed by atoms with van der Waals surface area (Å²) < 4.78 is 5.47. The topological polar surface area (TPSA) is 174 Å². The summed E-state index contributed by atoms with van der Waals surface area (Å²) in [7, 11) is 1.26. The smallest absolute Gasteiger partial charge is 0.352 e. The number of anilines is 1. The van der Waals surface area contributed by atoms with Gasteiger partial charge in [0.2, 0.25) is 0 Å². The minimum atomic E-state index is -1.35. The zero-order valence-corrected chi connectivity index (χ0v) is 20.7. The third kappa shape index (κ3) is 4.77. The zero-order chi connectivity index (χ0) is 26.0. The lowest BCUT2D eigenvalue weighted by molar-refractivity contribution is -0.151. The van der Waals surface area contributed by atoms with E-state index in [0.717, 1.165) is 16.2 Å². The molecule has 2 aromatic rings. The second-order valence-electron chi connectivity index (χ2n) is 7.63. The highest BCUT2D eigenvalue weighted by molar-refractivity contribution is 8.00. The molecule has 1 aromatic heterocycles. The van der Waals surface area contributed by atoms with Crippen LogP contribution in [0.15, 0.2) is 52.1 Å². The van der Waals surface area contributed by atoms with Crippen molar-refractivity contribution in [2.75, 3.05) is 18.6 Å². The van der Waals surface area contributed by atoms with Gasteiger partial charge in [-0.05, 0) is 5.56 Å². The van der Waals surface area contributed by atoms with Crippen LogP contribution < -0.4 is 11.1 Å². The molecule has 2 aliphatic heterocycles. The first-order chi connectivity index (χ1) is 17.2. The molecule has 2 unspecified atom stereocenters. The van der Waals surface area contributed by atoms with Crippen LogP contribution in [-0.2, 0) is 28.8 Å². The number of oxime groups is 1. The Hall–Kier alpha value is -3.91. The number of hydrogen-bond donors (Lipinski definition) is 3. The number of nitrogen functional groups attached to an aromatic ring is 1. The largest absolute Gasteiger partial charge is 0.477 e. The van der Waals surface area contributed by atoms with Crippen LogP contribution in [-0.4, -0.2) is 68.7 Å². The number of esters is 1. The summed E-state index contributed by atoms with van der Waals surface area (Å²) in [4.78, 5) is 59.9. The number of nitrogens with zero attached hydrogens (tertiary/aromatic N) is 3. The number of fused-ring (bicyclic) bond motifs is 1. The minimum absolute atomic E-state index is 0.150. The van der Waals surface area contributed by atoms with Crippen LogP contribution in [0.4, 0.5) is 5.13 Å². The van der Waals surface area contributed by atoms with E-state index in [4.69, 9.17) is 15.3 Å². The van der Waals surface area contributed by atoms with Crippen molar-refractivity contribution in [2.24, 2.45) is 5.16 Å². The van der Waals surface area contributed by atoms with Gasteiger partial charge in [0.15, 0.2) is 16.9 Å². The Morgan fingerprint density at radius 3 is 2.61 bits per heavy atom. The first-order valence-corrected chi connectivity index (χ1v) is 12.4. The second-order valence-corrected chi connectivity index (χ2v) is 9.63. The lowest BCUT2D eigenvalue weighted by atomic mass is 9.96. The molecule has 1 fully saturated rings. The van der Waals surface area contributed by atoms with Crippen molar-refractivity contribution in [2.45, 2.75) is 24.4 Å². The number of aromatic nitrogens is 1. The van der Waals surface area contributed by atoms with Gasteiger partial charge < -0.3 is 25.7 Å². The summed E-state index contributed by atoms with van der Waals surface area (Å²) in [5.41, 5.74) is 6.20. The van der Waals surface area contributed by atoms with Gasteiger partial charge in [0, 0.05) is 23.6 Å². The molecule has 14 heteroatoms. The Bertz CT molecular complexity index is 1280. The fraction of sp³-hybridized carbons (Fsp3) is 0.273. The van der Waals surface area contributed by atoms with E-state index in [9.17, 15) is 24.3 Å². The van der Waals surface area contributed by atoms with Gasteiger partial charge in [-0.1, -0.05) is 35.5 Å². The SMILES string of the molecule is CON=C(C(=O)NC1C(=O)N2C(C(=O)O)=C(C(OC(C)=O)c3ccccc3)CS[C@@H]12)c1csc(N)n1. The highest BCUT2D eigenvalue weighted by Crippen LogP contribution is 2.44. The fourth-order valence-electron chi connectivity index (χ4n) is 3.88. The second kappa shape index (κ2) is 10.4. The van der Waals surface area contributed by atoms with Crippen LogP contribution in [0.2, 0.25) is 0 Å². The van der Waals surface area contributed by atoms with Gasteiger partial charge in [-0.2, -0.15) is 0 Å². The van der Waals surface area contributed by atoms with E-state index in [1.165, 1.54) is 31.2 Å². The standard InChI is InChI=1S/C22H21N5O7S2/c1-10(28)34-17(11-6-4-3-5-7-11)12-8-35-20-15(19(30)27(20)16(12)21(31)32)25-18(29)14(26-33-2)13-9-36-22(23)24-13/h3-7,9,15,17,20H,8H2,1-2H3,(H2,23,24)(H,25,29)(H,31,32)/t15?,17?,20-/m0/s1. The van der Waals surface area contributed by atoms with Crippen LogP contribution in [0, 0.1) is 0 Å². The number of thiazole rings is 1. The van der Waals surface area contributed by atoms with Crippen molar-refractivity contribution >= 4 is 57.7 Å². The number of carbonyl (C=O) groups is 4. The molecule has 3 atom stereocenters. The predicted molar refractivity (Wildman–Crippen MR) is 131 cm³/mol. The lowest BCUT2D eigenvalue weighted by Gasteiger charge is -2.50. The van der Waals surface area contributed by atoms with Crippen LogP contribution in [0.25, 0.3) is 0 Å². The quantitative estimate of drug-likeness (QED) is 0.194. The molecular weight excluding hydrogens is 510 g/mol.